The normalized spacial score (nSPS) is 10.7. The molecule has 0 spiro atoms. The van der Waals surface area contributed by atoms with Crippen LogP contribution in [0.5, 0.6) is 0 Å². The first-order chi connectivity index (χ1) is 44.6. The quantitative estimate of drug-likeness (QED) is 0.114. The van der Waals surface area contributed by atoms with Crippen molar-refractivity contribution >= 4 is 22.7 Å². The minimum absolute atomic E-state index is 0.454. The first-order valence-corrected chi connectivity index (χ1v) is 33.7. The molecule has 0 atom stereocenters. The molecule has 15 heteroatoms. The molecule has 12 rings (SSSR count). The van der Waals surface area contributed by atoms with E-state index in [0.717, 1.165) is 73.8 Å². The van der Waals surface area contributed by atoms with Gasteiger partial charge in [-0.2, -0.15) is 5.10 Å². The Hall–Kier alpha value is -9.18. The van der Waals surface area contributed by atoms with Crippen LogP contribution in [0.4, 0.5) is 0 Å². The molecule has 482 valence electrons. The molecule has 0 amide bonds. The van der Waals surface area contributed by atoms with E-state index in [9.17, 15) is 0 Å². The van der Waals surface area contributed by atoms with E-state index in [1.807, 2.05) is 93.0 Å². The van der Waals surface area contributed by atoms with E-state index in [1.54, 1.807) is 53.2 Å². The van der Waals surface area contributed by atoms with Crippen molar-refractivity contribution in [1.82, 2.24) is 64.6 Å². The highest BCUT2D eigenvalue weighted by atomic mass is 32.1. The van der Waals surface area contributed by atoms with Crippen molar-refractivity contribution in [3.05, 3.63) is 261 Å². The third kappa shape index (κ3) is 24.8. The topological polar surface area (TPSA) is 160 Å². The fourth-order valence-electron chi connectivity index (χ4n) is 8.54. The van der Waals surface area contributed by atoms with Gasteiger partial charge in [0.1, 0.15) is 6.33 Å². The highest BCUT2D eigenvalue weighted by molar-refractivity contribution is 7.10. The minimum Gasteiger partial charge on any atom is -0.260 e. The van der Waals surface area contributed by atoms with Crippen molar-refractivity contribution in [3.8, 4) is 56.9 Å². The van der Waals surface area contributed by atoms with E-state index in [0.29, 0.717) is 41.4 Å². The Labute approximate surface area is 561 Å². The summed E-state index contributed by atoms with van der Waals surface area (Å²) >= 11 is 3.55. The Balaban J connectivity index is 0.000000174. The molecule has 8 heterocycles. The molecule has 0 saturated carbocycles. The molecular weight excluding hydrogens is 1180 g/mol. The van der Waals surface area contributed by atoms with Gasteiger partial charge in [0.2, 0.25) is 0 Å². The van der Waals surface area contributed by atoms with Crippen LogP contribution in [0.1, 0.15) is 187 Å². The van der Waals surface area contributed by atoms with Crippen molar-refractivity contribution in [2.24, 2.45) is 7.05 Å². The van der Waals surface area contributed by atoms with Crippen molar-refractivity contribution in [2.75, 3.05) is 0 Å². The number of nitrogens with zero attached hydrogens (tertiary/aromatic N) is 13. The van der Waals surface area contributed by atoms with Gasteiger partial charge in [-0.25, -0.2) is 49.8 Å². The Bertz CT molecular complexity index is 3690. The molecule has 93 heavy (non-hydrogen) atoms. The number of aromatic nitrogens is 13. The van der Waals surface area contributed by atoms with Gasteiger partial charge in [0.25, 0.3) is 0 Å². The maximum absolute atomic E-state index is 4.37. The van der Waals surface area contributed by atoms with Gasteiger partial charge in [-0.1, -0.05) is 200 Å². The lowest BCUT2D eigenvalue weighted by molar-refractivity contribution is 0.768. The molecule has 0 aliphatic heterocycles. The SMILES string of the molecule is CC(C)c1ccc(-c2ncccn2)cc1.CC(C)c1ccc(-c2ncccn2)cn1.CC(C)c1ccc(-c2ncn(C)n2)cc1.CC(C)c1cccs1.CC(C)c1nccs1.Cc1cnc(-c2ccc(C(C)C)cc2)nc1.Cc1cnc(-c2ccc(C(C)C)cc2)nc1. The van der Waals surface area contributed by atoms with Crippen LogP contribution < -0.4 is 0 Å². The number of benzene rings is 4. The molecule has 0 aliphatic rings. The molecule has 0 unspecified atom stereocenters. The average molecular weight is 1280 g/mol. The summed E-state index contributed by atoms with van der Waals surface area (Å²) in [6.45, 7) is 34.5. The van der Waals surface area contributed by atoms with Gasteiger partial charge in [0.15, 0.2) is 29.1 Å². The minimum atomic E-state index is 0.454. The summed E-state index contributed by atoms with van der Waals surface area (Å²) in [7, 11) is 1.87. The molecule has 0 fully saturated rings. The van der Waals surface area contributed by atoms with Crippen LogP contribution >= 0.6 is 22.7 Å². The molecule has 12 aromatic rings. The second kappa shape index (κ2) is 38.0. The highest BCUT2D eigenvalue weighted by Gasteiger charge is 2.08. The predicted molar refractivity (Wildman–Crippen MR) is 389 cm³/mol. The summed E-state index contributed by atoms with van der Waals surface area (Å²) in [5.41, 5.74) is 13.9. The van der Waals surface area contributed by atoms with Crippen molar-refractivity contribution in [3.63, 3.8) is 0 Å². The number of rotatable bonds is 12. The van der Waals surface area contributed by atoms with Gasteiger partial charge in [-0.15, -0.1) is 22.7 Å². The molecule has 0 saturated heterocycles. The monoisotopic (exact) mass is 1280 g/mol. The molecule has 0 aliphatic carbocycles. The number of hydrogen-bond donors (Lipinski definition) is 0. The summed E-state index contributed by atoms with van der Waals surface area (Å²) in [4.78, 5) is 48.2. The Morgan fingerprint density at radius 1 is 0.301 bits per heavy atom. The summed E-state index contributed by atoms with van der Waals surface area (Å²) in [5.74, 6) is 7.89. The highest BCUT2D eigenvalue weighted by Crippen LogP contribution is 2.25. The fourth-order valence-corrected chi connectivity index (χ4v) is 9.94. The zero-order chi connectivity index (χ0) is 67.2. The van der Waals surface area contributed by atoms with Crippen molar-refractivity contribution in [1.29, 1.82) is 0 Å². The number of thiophene rings is 1. The number of hydrogen-bond acceptors (Lipinski definition) is 14. The smallest absolute Gasteiger partial charge is 0.181 e. The van der Waals surface area contributed by atoms with Gasteiger partial charge < -0.3 is 0 Å². The molecule has 0 bridgehead atoms. The zero-order valence-corrected chi connectivity index (χ0v) is 59.0. The third-order valence-electron chi connectivity index (χ3n) is 14.3. The Kier molecular flexibility index (Phi) is 29.8. The number of thiazole rings is 1. The molecular formula is C78H93N13S2. The lowest BCUT2D eigenvalue weighted by atomic mass is 10.0. The van der Waals surface area contributed by atoms with E-state index in [4.69, 9.17) is 0 Å². The second-order valence-electron chi connectivity index (χ2n) is 24.5. The Morgan fingerprint density at radius 3 is 0.946 bits per heavy atom. The van der Waals surface area contributed by atoms with Gasteiger partial charge in [-0.05, 0) is 118 Å². The second-order valence-corrected chi connectivity index (χ2v) is 26.4. The van der Waals surface area contributed by atoms with E-state index < -0.39 is 0 Å². The summed E-state index contributed by atoms with van der Waals surface area (Å²) in [5, 5.41) is 9.62. The summed E-state index contributed by atoms with van der Waals surface area (Å²) < 4.78 is 1.71. The maximum atomic E-state index is 4.37. The maximum Gasteiger partial charge on any atom is 0.181 e. The van der Waals surface area contributed by atoms with Gasteiger partial charge in [0, 0.05) is 119 Å². The van der Waals surface area contributed by atoms with Crippen molar-refractivity contribution in [2.45, 2.75) is 152 Å². The predicted octanol–water partition coefficient (Wildman–Crippen LogP) is 20.8. The van der Waals surface area contributed by atoms with Crippen molar-refractivity contribution < 1.29 is 0 Å². The van der Waals surface area contributed by atoms with E-state index in [2.05, 4.69) is 271 Å². The number of aryl methyl sites for hydroxylation is 3. The Morgan fingerprint density at radius 2 is 0.677 bits per heavy atom. The van der Waals surface area contributed by atoms with E-state index in [-0.39, 0.29) is 0 Å². The molecule has 0 N–H and O–H groups in total. The van der Waals surface area contributed by atoms with Gasteiger partial charge in [-0.3, -0.25) is 9.67 Å². The fraction of sp³-hybridized carbons (Fsp3) is 0.308. The van der Waals surface area contributed by atoms with Crippen LogP contribution in [0, 0.1) is 13.8 Å². The van der Waals surface area contributed by atoms with Crippen LogP contribution in [-0.2, 0) is 7.05 Å². The number of pyridine rings is 1. The van der Waals surface area contributed by atoms with E-state index >= 15 is 0 Å². The lowest BCUT2D eigenvalue weighted by Gasteiger charge is -2.06. The molecule has 0 radical (unpaired) electrons. The molecule has 8 aromatic heterocycles. The van der Waals surface area contributed by atoms with Crippen LogP contribution in [0.2, 0.25) is 0 Å². The molecule has 4 aromatic carbocycles. The molecule has 13 nitrogen and oxygen atoms in total. The van der Waals surface area contributed by atoms with Crippen LogP contribution in [-0.4, -0.2) is 64.6 Å². The third-order valence-corrected chi connectivity index (χ3v) is 16.6. The van der Waals surface area contributed by atoms with Crippen LogP contribution in [0.25, 0.3) is 56.9 Å². The first-order valence-electron chi connectivity index (χ1n) is 31.9. The average Bonchev–Trinajstić information content (AvgIpc) is 2.69. The van der Waals surface area contributed by atoms with Crippen LogP contribution in [0.15, 0.2) is 213 Å². The van der Waals surface area contributed by atoms with Crippen LogP contribution in [0.3, 0.4) is 0 Å². The van der Waals surface area contributed by atoms with Gasteiger partial charge in [0.05, 0.1) is 5.01 Å². The zero-order valence-electron chi connectivity index (χ0n) is 57.4. The lowest BCUT2D eigenvalue weighted by Crippen LogP contribution is -1.93. The van der Waals surface area contributed by atoms with E-state index in [1.165, 1.54) is 32.1 Å². The largest absolute Gasteiger partial charge is 0.260 e. The summed E-state index contributed by atoms with van der Waals surface area (Å²) in [6.07, 6.45) is 19.8. The van der Waals surface area contributed by atoms with Gasteiger partial charge >= 0.3 is 0 Å². The summed E-state index contributed by atoms with van der Waals surface area (Å²) in [6, 6.07) is 45.7. The first kappa shape index (κ1) is 72.9. The standard InChI is InChI=1S/2C14H16N2.C13H14N2.C12H15N3.C12H13N3.C7H10S.C6H9NS/c2*1-10(2)12-4-6-13(7-5-12)14-15-8-11(3)9-16-14;1-10(2)11-4-6-12(7-5-11)13-14-8-3-9-15-13;1-9(2)10-4-6-11(7-5-10)12-13-8-15(3)14-12;1-9(2)11-5-4-10(8-15-11)12-13-6-3-7-14-12;1-6(2)7-4-3-5-8-7;1-5(2)6-7-3-4-8-6/h2*4-10H,1-3H3;3-10H,1-2H3;4-9H,1-3H3;3-9H,1-2H3;3-6H,1-2H3;3-5H,1-2H3.